The number of hydrogen-bond donors (Lipinski definition) is 7. The lowest BCUT2D eigenvalue weighted by Crippen LogP contribution is -2.27. The molecule has 1 saturated heterocycles. The molecule has 0 saturated carbocycles. The Balaban J connectivity index is 2.31. The highest BCUT2D eigenvalue weighted by molar-refractivity contribution is 6.15. The summed E-state index contributed by atoms with van der Waals surface area (Å²) in [7, 11) is 0. The number of hydrazine groups is 1. The van der Waals surface area contributed by atoms with Crippen LogP contribution in [0.2, 0.25) is 0 Å². The first-order chi connectivity index (χ1) is 12.0. The molecule has 2 aromatic heterocycles. The number of fused-ring (bicyclic) bond motifs is 1. The average Bonchev–Trinajstić information content (AvgIpc) is 3.10. The Morgan fingerprint density at radius 2 is 2.20 bits per heavy atom. The monoisotopic (exact) mass is 351 g/mol. The van der Waals surface area contributed by atoms with Gasteiger partial charge in [-0.1, -0.05) is 6.92 Å². The minimum Gasteiger partial charge on any atom is -0.394 e. The van der Waals surface area contributed by atoms with Crippen LogP contribution in [0.1, 0.15) is 18.7 Å². The van der Waals surface area contributed by atoms with Crippen molar-refractivity contribution in [2.75, 3.05) is 17.8 Å². The van der Waals surface area contributed by atoms with Crippen LogP contribution in [0.4, 0.5) is 11.6 Å². The molecule has 0 radical (unpaired) electrons. The van der Waals surface area contributed by atoms with E-state index in [1.54, 1.807) is 6.92 Å². The van der Waals surface area contributed by atoms with Crippen molar-refractivity contribution in [3.05, 3.63) is 11.9 Å². The van der Waals surface area contributed by atoms with Gasteiger partial charge in [-0.25, -0.2) is 15.8 Å². The summed E-state index contributed by atoms with van der Waals surface area (Å²) in [6, 6.07) is 0. The molecule has 12 heteroatoms. The van der Waals surface area contributed by atoms with E-state index in [2.05, 4.69) is 20.5 Å². The molecular weight excluding hydrogens is 330 g/mol. The van der Waals surface area contributed by atoms with Gasteiger partial charge in [0.05, 0.1) is 23.7 Å². The van der Waals surface area contributed by atoms with E-state index in [9.17, 15) is 10.2 Å². The minimum absolute atomic E-state index is 0.0440. The third kappa shape index (κ3) is 2.42. The van der Waals surface area contributed by atoms with Crippen LogP contribution in [-0.4, -0.2) is 49.4 Å². The normalized spacial score (nSPS) is 27.1. The number of rotatable bonds is 4. The van der Waals surface area contributed by atoms with Crippen LogP contribution in [0.15, 0.2) is 11.4 Å². The number of aliphatic hydroxyl groups excluding tert-OH is 2. The summed E-state index contributed by atoms with van der Waals surface area (Å²) in [5.41, 5.74) is 15.0. The Hall–Kier alpha value is -2.67. The smallest absolute Gasteiger partial charge is 0.163 e. The predicted octanol–water partition coefficient (Wildman–Crippen LogP) is -2.24. The van der Waals surface area contributed by atoms with Crippen LogP contribution < -0.4 is 28.6 Å². The standard InChI is InChI=1S/C13H21N9O3/c1-4-5(2-23)25-13(8(4)24)22-11-6(9(14)18-3-19-11)7(10(15)20-16)12(22)21-17/h3-5,8,13,21,23-24H,2,16-17H2,1H3,(H2,15,20)(H2,14,18,19)/t4-,5-,8-,13-/m1/s1. The van der Waals surface area contributed by atoms with E-state index in [1.165, 1.54) is 10.9 Å². The van der Waals surface area contributed by atoms with Crippen molar-refractivity contribution in [1.29, 1.82) is 0 Å². The van der Waals surface area contributed by atoms with Crippen LogP contribution in [0.25, 0.3) is 11.0 Å². The quantitative estimate of drug-likeness (QED) is 0.136. The maximum absolute atomic E-state index is 10.6. The summed E-state index contributed by atoms with van der Waals surface area (Å²) in [6.07, 6.45) is -1.09. The van der Waals surface area contributed by atoms with E-state index in [0.717, 1.165) is 0 Å². The van der Waals surface area contributed by atoms with Gasteiger partial charge in [-0.05, 0) is 0 Å². The summed E-state index contributed by atoms with van der Waals surface area (Å²) in [6.45, 7) is 1.53. The lowest BCUT2D eigenvalue weighted by Gasteiger charge is -2.20. The predicted molar refractivity (Wildman–Crippen MR) is 90.8 cm³/mol. The number of nitrogens with zero attached hydrogens (tertiary/aromatic N) is 4. The molecule has 4 atom stereocenters. The van der Waals surface area contributed by atoms with E-state index >= 15 is 0 Å². The van der Waals surface area contributed by atoms with Gasteiger partial charge in [0.1, 0.15) is 29.7 Å². The van der Waals surface area contributed by atoms with Crippen molar-refractivity contribution in [2.24, 2.45) is 28.4 Å². The second-order valence-corrected chi connectivity index (χ2v) is 5.81. The topological polar surface area (TPSA) is 209 Å². The molecule has 1 aliphatic rings. The van der Waals surface area contributed by atoms with E-state index in [0.29, 0.717) is 16.6 Å². The Bertz CT molecular complexity index is 821. The first kappa shape index (κ1) is 17.2. The zero-order chi connectivity index (χ0) is 18.3. The van der Waals surface area contributed by atoms with Gasteiger partial charge in [-0.3, -0.25) is 4.57 Å². The number of aliphatic hydroxyl groups is 2. The van der Waals surface area contributed by atoms with Crippen molar-refractivity contribution in [3.8, 4) is 0 Å². The fourth-order valence-corrected chi connectivity index (χ4v) is 3.15. The second kappa shape index (κ2) is 6.33. The van der Waals surface area contributed by atoms with Crippen LogP contribution in [0, 0.1) is 5.92 Å². The van der Waals surface area contributed by atoms with Crippen molar-refractivity contribution in [2.45, 2.75) is 25.4 Å². The van der Waals surface area contributed by atoms with Gasteiger partial charge in [0.2, 0.25) is 0 Å². The summed E-state index contributed by atoms with van der Waals surface area (Å²) >= 11 is 0. The largest absolute Gasteiger partial charge is 0.394 e. The molecule has 0 bridgehead atoms. The van der Waals surface area contributed by atoms with Crippen LogP contribution in [0.5, 0.6) is 0 Å². The van der Waals surface area contributed by atoms with Gasteiger partial charge in [0.15, 0.2) is 12.1 Å². The third-order valence-corrected chi connectivity index (χ3v) is 4.51. The zero-order valence-electron chi connectivity index (χ0n) is 13.5. The molecule has 25 heavy (non-hydrogen) atoms. The van der Waals surface area contributed by atoms with Crippen LogP contribution in [0.3, 0.4) is 0 Å². The first-order valence-corrected chi connectivity index (χ1v) is 7.55. The van der Waals surface area contributed by atoms with Crippen molar-refractivity contribution in [3.63, 3.8) is 0 Å². The molecule has 0 aliphatic carbocycles. The molecule has 1 fully saturated rings. The number of amidine groups is 1. The lowest BCUT2D eigenvalue weighted by molar-refractivity contribution is -0.0479. The summed E-state index contributed by atoms with van der Waals surface area (Å²) < 4.78 is 7.30. The number of ether oxygens (including phenoxy) is 1. The summed E-state index contributed by atoms with van der Waals surface area (Å²) in [5, 5.41) is 23.9. The summed E-state index contributed by atoms with van der Waals surface area (Å²) in [5.74, 6) is 11.0. The second-order valence-electron chi connectivity index (χ2n) is 5.81. The molecule has 3 heterocycles. The maximum Gasteiger partial charge on any atom is 0.163 e. The molecule has 0 unspecified atom stereocenters. The number of hydrazone groups is 1. The molecule has 136 valence electrons. The third-order valence-electron chi connectivity index (χ3n) is 4.51. The molecule has 11 N–H and O–H groups in total. The van der Waals surface area contributed by atoms with E-state index in [1.807, 2.05) is 0 Å². The first-order valence-electron chi connectivity index (χ1n) is 7.55. The molecule has 0 amide bonds. The van der Waals surface area contributed by atoms with Crippen molar-refractivity contribution in [1.82, 2.24) is 14.5 Å². The van der Waals surface area contributed by atoms with E-state index < -0.39 is 18.4 Å². The number of anilines is 2. The van der Waals surface area contributed by atoms with Crippen LogP contribution >= 0.6 is 0 Å². The lowest BCUT2D eigenvalue weighted by atomic mass is 10.0. The Morgan fingerprint density at radius 1 is 1.48 bits per heavy atom. The maximum atomic E-state index is 10.6. The molecule has 0 spiro atoms. The fraction of sp³-hybridized carbons (Fsp3) is 0.462. The zero-order valence-corrected chi connectivity index (χ0v) is 13.5. The van der Waals surface area contributed by atoms with Gasteiger partial charge >= 0.3 is 0 Å². The Labute approximate surface area is 142 Å². The van der Waals surface area contributed by atoms with E-state index in [4.69, 9.17) is 27.9 Å². The van der Waals surface area contributed by atoms with Gasteiger partial charge < -0.3 is 37.7 Å². The minimum atomic E-state index is -0.931. The molecule has 12 nitrogen and oxygen atoms in total. The molecule has 0 aromatic carbocycles. The molecule has 1 aliphatic heterocycles. The highest BCUT2D eigenvalue weighted by Crippen LogP contribution is 2.41. The molecule has 2 aromatic rings. The Kier molecular flexibility index (Phi) is 4.34. The van der Waals surface area contributed by atoms with E-state index in [-0.39, 0.29) is 30.0 Å². The Morgan fingerprint density at radius 3 is 2.76 bits per heavy atom. The fourth-order valence-electron chi connectivity index (χ4n) is 3.15. The molecule has 3 rings (SSSR count). The van der Waals surface area contributed by atoms with Gasteiger partial charge in [0.25, 0.3) is 0 Å². The average molecular weight is 351 g/mol. The van der Waals surface area contributed by atoms with Crippen molar-refractivity contribution >= 4 is 28.5 Å². The van der Waals surface area contributed by atoms with Gasteiger partial charge in [-0.15, -0.1) is 0 Å². The number of hydrogen-bond acceptors (Lipinski definition) is 10. The number of aromatic nitrogens is 3. The number of nitrogens with two attached hydrogens (primary N) is 4. The van der Waals surface area contributed by atoms with Gasteiger partial charge in [-0.2, -0.15) is 5.10 Å². The highest BCUT2D eigenvalue weighted by atomic mass is 16.5. The SMILES string of the molecule is C[C@H]1[C@@H](O)[C@H](n2c(NN)c(C(N)=NN)c3c(N)ncnc32)O[C@@H]1CO. The number of nitrogen functional groups attached to an aromatic ring is 2. The van der Waals surface area contributed by atoms with Gasteiger partial charge in [0, 0.05) is 5.92 Å². The number of nitrogens with one attached hydrogen (secondary N) is 1. The highest BCUT2D eigenvalue weighted by Gasteiger charge is 2.43. The molecular formula is C13H21N9O3. The van der Waals surface area contributed by atoms with Crippen molar-refractivity contribution < 1.29 is 14.9 Å². The van der Waals surface area contributed by atoms with Crippen LogP contribution in [-0.2, 0) is 4.74 Å². The summed E-state index contributed by atoms with van der Waals surface area (Å²) in [4.78, 5) is 8.17.